The van der Waals surface area contributed by atoms with Crippen molar-refractivity contribution in [2.75, 3.05) is 13.1 Å². The monoisotopic (exact) mass is 506 g/mol. The third kappa shape index (κ3) is 7.01. The zero-order valence-electron chi connectivity index (χ0n) is 21.4. The van der Waals surface area contributed by atoms with Gasteiger partial charge in [-0.1, -0.05) is 47.6 Å². The summed E-state index contributed by atoms with van der Waals surface area (Å²) in [5.41, 5.74) is 6.59. The van der Waals surface area contributed by atoms with E-state index in [2.05, 4.69) is 16.1 Å². The van der Waals surface area contributed by atoms with Crippen LogP contribution in [0.5, 0.6) is 0 Å². The summed E-state index contributed by atoms with van der Waals surface area (Å²) in [6.07, 6.45) is 0.538. The highest BCUT2D eigenvalue weighted by Gasteiger charge is 2.32. The number of halogens is 2. The molecule has 5 nitrogen and oxygen atoms in total. The lowest BCUT2D eigenvalue weighted by Gasteiger charge is -2.36. The number of carboxylic acid groups (broad SMARTS) is 1. The number of nitrogens with zero attached hydrogens (tertiary/aromatic N) is 2. The van der Waals surface area contributed by atoms with E-state index in [1.165, 1.54) is 17.7 Å². The second-order valence-corrected chi connectivity index (χ2v) is 9.93. The van der Waals surface area contributed by atoms with Gasteiger partial charge in [0.15, 0.2) is 0 Å². The molecule has 0 bridgehead atoms. The van der Waals surface area contributed by atoms with E-state index in [4.69, 9.17) is 9.94 Å². The summed E-state index contributed by atoms with van der Waals surface area (Å²) >= 11 is 0. The molecule has 1 unspecified atom stereocenters. The van der Waals surface area contributed by atoms with E-state index in [9.17, 15) is 13.6 Å². The van der Waals surface area contributed by atoms with Crippen molar-refractivity contribution in [2.45, 2.75) is 46.3 Å². The van der Waals surface area contributed by atoms with Gasteiger partial charge in [-0.25, -0.2) is 8.78 Å². The van der Waals surface area contributed by atoms with E-state index in [1.807, 2.05) is 57.2 Å². The maximum absolute atomic E-state index is 14.0. The molecule has 0 spiro atoms. The molecule has 0 amide bonds. The van der Waals surface area contributed by atoms with Crippen LogP contribution in [0, 0.1) is 31.4 Å². The Morgan fingerprint density at radius 3 is 2.22 bits per heavy atom. The standard InChI is InChI=1S/C30H32F2N2O3/c1-19-4-5-24(10-20(19)2)11-29(25-12-27(31)14-28(32)13-25)21(3)33-37-18-23-8-6-22(7-9-23)15-34-16-26(17-34)30(35)36/h4-10,12-14,26,29H,11,15-18H2,1-3H3,(H,35,36). The predicted molar refractivity (Wildman–Crippen MR) is 139 cm³/mol. The summed E-state index contributed by atoms with van der Waals surface area (Å²) in [7, 11) is 0. The number of benzene rings is 3. The highest BCUT2D eigenvalue weighted by atomic mass is 19.1. The smallest absolute Gasteiger partial charge is 0.309 e. The van der Waals surface area contributed by atoms with Crippen LogP contribution in [0.15, 0.2) is 65.8 Å². The van der Waals surface area contributed by atoms with Crippen molar-refractivity contribution in [2.24, 2.45) is 11.1 Å². The molecule has 0 aromatic heterocycles. The lowest BCUT2D eigenvalue weighted by atomic mass is 9.87. The normalized spacial score (nSPS) is 15.3. The van der Waals surface area contributed by atoms with Crippen molar-refractivity contribution in [1.82, 2.24) is 4.90 Å². The Morgan fingerprint density at radius 1 is 0.973 bits per heavy atom. The Bertz CT molecular complexity index is 1260. The summed E-state index contributed by atoms with van der Waals surface area (Å²) in [6.45, 7) is 8.03. The van der Waals surface area contributed by atoms with Gasteiger partial charge in [0, 0.05) is 31.6 Å². The van der Waals surface area contributed by atoms with Gasteiger partial charge in [-0.15, -0.1) is 0 Å². The van der Waals surface area contributed by atoms with E-state index in [0.717, 1.165) is 28.3 Å². The highest BCUT2D eigenvalue weighted by Crippen LogP contribution is 2.26. The molecule has 3 aromatic carbocycles. The number of aliphatic carboxylic acids is 1. The summed E-state index contributed by atoms with van der Waals surface area (Å²) in [5.74, 6) is -2.59. The van der Waals surface area contributed by atoms with Crippen molar-refractivity contribution in [3.63, 3.8) is 0 Å². The number of carboxylic acids is 1. The maximum atomic E-state index is 14.0. The van der Waals surface area contributed by atoms with Gasteiger partial charge in [0.1, 0.15) is 18.2 Å². The quantitative estimate of drug-likeness (QED) is 0.270. The van der Waals surface area contributed by atoms with Crippen molar-refractivity contribution < 1.29 is 23.5 Å². The summed E-state index contributed by atoms with van der Waals surface area (Å²) in [4.78, 5) is 18.7. The first-order chi connectivity index (χ1) is 17.7. The lowest BCUT2D eigenvalue weighted by molar-refractivity contribution is -0.147. The number of oxime groups is 1. The molecule has 0 aliphatic carbocycles. The molecule has 1 fully saturated rings. The van der Waals surface area contributed by atoms with Crippen molar-refractivity contribution in [3.8, 4) is 0 Å². The SMILES string of the molecule is CC(=NOCc1ccc(CN2CC(C(=O)O)C2)cc1)C(Cc1ccc(C)c(C)c1)c1cc(F)cc(F)c1. The van der Waals surface area contributed by atoms with Crippen LogP contribution in [-0.2, 0) is 29.2 Å². The number of aryl methyl sites for hydroxylation is 2. The molecular weight excluding hydrogens is 474 g/mol. The van der Waals surface area contributed by atoms with Crippen LogP contribution in [0.4, 0.5) is 8.78 Å². The van der Waals surface area contributed by atoms with Gasteiger partial charge in [0.25, 0.3) is 0 Å². The molecule has 37 heavy (non-hydrogen) atoms. The molecule has 0 saturated carbocycles. The summed E-state index contributed by atoms with van der Waals surface area (Å²) in [6, 6.07) is 17.7. The molecule has 0 radical (unpaired) electrons. The van der Waals surface area contributed by atoms with Crippen LogP contribution in [-0.4, -0.2) is 34.8 Å². The molecule has 3 aromatic rings. The van der Waals surface area contributed by atoms with Crippen molar-refractivity contribution in [3.05, 3.63) is 106 Å². The second-order valence-electron chi connectivity index (χ2n) is 9.93. The fourth-order valence-electron chi connectivity index (χ4n) is 4.58. The molecule has 194 valence electrons. The molecule has 1 aliphatic heterocycles. The van der Waals surface area contributed by atoms with Gasteiger partial charge in [0.05, 0.1) is 11.6 Å². The Balaban J connectivity index is 1.41. The first-order valence-corrected chi connectivity index (χ1v) is 12.4. The largest absolute Gasteiger partial charge is 0.481 e. The lowest BCUT2D eigenvalue weighted by Crippen LogP contribution is -2.49. The molecule has 1 heterocycles. The topological polar surface area (TPSA) is 62.1 Å². The Kier molecular flexibility index (Phi) is 8.34. The highest BCUT2D eigenvalue weighted by molar-refractivity contribution is 5.88. The second kappa shape index (κ2) is 11.6. The van der Waals surface area contributed by atoms with E-state index in [1.54, 1.807) is 0 Å². The van der Waals surface area contributed by atoms with Crippen LogP contribution in [0.1, 0.15) is 46.2 Å². The van der Waals surface area contributed by atoms with Crippen LogP contribution in [0.2, 0.25) is 0 Å². The van der Waals surface area contributed by atoms with Gasteiger partial charge >= 0.3 is 5.97 Å². The fourth-order valence-corrected chi connectivity index (χ4v) is 4.58. The van der Waals surface area contributed by atoms with Gasteiger partial charge in [-0.05, 0) is 72.7 Å². The first kappa shape index (κ1) is 26.5. The number of hydrogen-bond donors (Lipinski definition) is 1. The van der Waals surface area contributed by atoms with Crippen LogP contribution >= 0.6 is 0 Å². The third-order valence-electron chi connectivity index (χ3n) is 6.98. The van der Waals surface area contributed by atoms with Gasteiger partial charge in [0.2, 0.25) is 0 Å². The minimum absolute atomic E-state index is 0.260. The molecule has 7 heteroatoms. The first-order valence-electron chi connectivity index (χ1n) is 12.4. The van der Waals surface area contributed by atoms with E-state index in [0.29, 0.717) is 37.3 Å². The maximum Gasteiger partial charge on any atom is 0.309 e. The zero-order valence-corrected chi connectivity index (χ0v) is 21.4. The van der Waals surface area contributed by atoms with E-state index < -0.39 is 17.6 Å². The molecule has 1 atom stereocenters. The van der Waals surface area contributed by atoms with Crippen molar-refractivity contribution >= 4 is 11.7 Å². The average molecular weight is 507 g/mol. The molecule has 1 N–H and O–H groups in total. The fraction of sp³-hybridized carbons (Fsp3) is 0.333. The number of carbonyl (C=O) groups is 1. The Hall–Kier alpha value is -3.58. The molecule has 1 aliphatic rings. The van der Waals surface area contributed by atoms with Crippen LogP contribution in [0.25, 0.3) is 0 Å². The number of likely N-dealkylation sites (tertiary alicyclic amines) is 1. The van der Waals surface area contributed by atoms with Gasteiger partial charge in [-0.3, -0.25) is 9.69 Å². The van der Waals surface area contributed by atoms with Crippen LogP contribution in [0.3, 0.4) is 0 Å². The average Bonchev–Trinajstić information content (AvgIpc) is 2.81. The molecule has 1 saturated heterocycles. The van der Waals surface area contributed by atoms with E-state index >= 15 is 0 Å². The molecule has 4 rings (SSSR count). The third-order valence-corrected chi connectivity index (χ3v) is 6.98. The minimum Gasteiger partial charge on any atom is -0.481 e. The summed E-state index contributed by atoms with van der Waals surface area (Å²) < 4.78 is 28.1. The van der Waals surface area contributed by atoms with Gasteiger partial charge in [-0.2, -0.15) is 0 Å². The van der Waals surface area contributed by atoms with E-state index in [-0.39, 0.29) is 18.4 Å². The molecular formula is C30H32F2N2O3. The number of hydrogen-bond acceptors (Lipinski definition) is 4. The minimum atomic E-state index is -0.738. The summed E-state index contributed by atoms with van der Waals surface area (Å²) in [5, 5.41) is 13.3. The van der Waals surface area contributed by atoms with Gasteiger partial charge < -0.3 is 9.94 Å². The predicted octanol–water partition coefficient (Wildman–Crippen LogP) is 6.02. The zero-order chi connectivity index (χ0) is 26.5. The Morgan fingerprint density at radius 2 is 1.59 bits per heavy atom. The Labute approximate surface area is 216 Å². The number of rotatable bonds is 10. The van der Waals surface area contributed by atoms with Crippen molar-refractivity contribution in [1.29, 1.82) is 0 Å². The van der Waals surface area contributed by atoms with Crippen LogP contribution < -0.4 is 0 Å².